The van der Waals surface area contributed by atoms with Crippen molar-refractivity contribution in [1.82, 2.24) is 10.4 Å². The van der Waals surface area contributed by atoms with E-state index in [9.17, 15) is 19.2 Å². The summed E-state index contributed by atoms with van der Waals surface area (Å²) in [5.74, 6) is -2.52. The molecule has 0 bridgehead atoms. The number of imide groups is 1. The summed E-state index contributed by atoms with van der Waals surface area (Å²) in [6, 6.07) is 0. The first-order valence-corrected chi connectivity index (χ1v) is 4.61. The van der Waals surface area contributed by atoms with Crippen molar-refractivity contribution in [2.75, 3.05) is 7.05 Å². The molecule has 0 aliphatic carbocycles. The van der Waals surface area contributed by atoms with Gasteiger partial charge in [0.15, 0.2) is 0 Å². The van der Waals surface area contributed by atoms with Crippen molar-refractivity contribution in [3.8, 4) is 0 Å². The first kappa shape index (κ1) is 14.1. The van der Waals surface area contributed by atoms with E-state index in [0.29, 0.717) is 5.06 Å². The van der Waals surface area contributed by atoms with Crippen molar-refractivity contribution in [2.24, 2.45) is 0 Å². The number of rotatable bonds is 3. The quantitative estimate of drug-likeness (QED) is 0.651. The summed E-state index contributed by atoms with van der Waals surface area (Å²) >= 11 is 0. The van der Waals surface area contributed by atoms with Crippen LogP contribution in [0, 0.1) is 0 Å². The smallest absolute Gasteiger partial charge is 0.333 e. The highest BCUT2D eigenvalue weighted by atomic mass is 16.7. The van der Waals surface area contributed by atoms with Crippen molar-refractivity contribution >= 4 is 23.7 Å². The fourth-order valence-electron chi connectivity index (χ4n) is 0.838. The van der Waals surface area contributed by atoms with E-state index in [2.05, 4.69) is 10.2 Å². The van der Waals surface area contributed by atoms with Crippen LogP contribution in [0.25, 0.3) is 0 Å². The van der Waals surface area contributed by atoms with Crippen LogP contribution in [0.15, 0.2) is 0 Å². The Bertz CT molecular complexity index is 299. The second-order valence-electron chi connectivity index (χ2n) is 2.97. The van der Waals surface area contributed by atoms with E-state index in [1.165, 1.54) is 7.05 Å². The lowest BCUT2D eigenvalue weighted by molar-refractivity contribution is -0.200. The third-order valence-electron chi connectivity index (χ3n) is 1.60. The number of hydrogen-bond donors (Lipinski definition) is 1. The predicted molar refractivity (Wildman–Crippen MR) is 52.6 cm³/mol. The average Bonchev–Trinajstić information content (AvgIpc) is 2.21. The Morgan fingerprint density at radius 1 is 1.06 bits per heavy atom. The highest BCUT2D eigenvalue weighted by Gasteiger charge is 2.19. The Labute approximate surface area is 92.7 Å². The van der Waals surface area contributed by atoms with Gasteiger partial charge in [-0.15, -0.1) is 5.06 Å². The van der Waals surface area contributed by atoms with E-state index in [0.717, 1.165) is 13.8 Å². The van der Waals surface area contributed by atoms with Crippen LogP contribution >= 0.6 is 0 Å². The molecule has 90 valence electrons. The minimum atomic E-state index is -0.811. The Balaban J connectivity index is 4.16. The Morgan fingerprint density at radius 2 is 1.56 bits per heavy atom. The molecule has 0 rings (SSSR count). The minimum absolute atomic E-state index is 0.0566. The van der Waals surface area contributed by atoms with E-state index in [1.54, 1.807) is 0 Å². The van der Waals surface area contributed by atoms with Gasteiger partial charge < -0.3 is 10.2 Å². The third-order valence-corrected chi connectivity index (χ3v) is 1.60. The summed E-state index contributed by atoms with van der Waals surface area (Å²) in [7, 11) is 1.44. The summed E-state index contributed by atoms with van der Waals surface area (Å²) in [5.41, 5.74) is 0. The van der Waals surface area contributed by atoms with Gasteiger partial charge >= 0.3 is 5.97 Å². The number of carbonyl (C=O) groups is 4. The molecule has 0 aliphatic heterocycles. The van der Waals surface area contributed by atoms with Gasteiger partial charge in [-0.05, 0) is 0 Å². The maximum atomic E-state index is 11.1. The molecule has 16 heavy (non-hydrogen) atoms. The maximum Gasteiger partial charge on any atom is 0.333 e. The lowest BCUT2D eigenvalue weighted by Gasteiger charge is -2.15. The molecule has 0 atom stereocenters. The van der Waals surface area contributed by atoms with Crippen molar-refractivity contribution in [2.45, 2.75) is 26.7 Å². The van der Waals surface area contributed by atoms with Crippen LogP contribution in [-0.4, -0.2) is 35.8 Å². The number of nitrogens with zero attached hydrogens (tertiary/aromatic N) is 1. The molecule has 7 heteroatoms. The first-order valence-electron chi connectivity index (χ1n) is 4.61. The monoisotopic (exact) mass is 230 g/mol. The number of hydrogen-bond acceptors (Lipinski definition) is 5. The zero-order valence-electron chi connectivity index (χ0n) is 9.40. The minimum Gasteiger partial charge on any atom is -0.359 e. The number of nitrogens with one attached hydrogen (secondary N) is 1. The second kappa shape index (κ2) is 6.54. The molecule has 0 saturated heterocycles. The van der Waals surface area contributed by atoms with Gasteiger partial charge in [-0.3, -0.25) is 14.4 Å². The van der Waals surface area contributed by atoms with Gasteiger partial charge in [0, 0.05) is 27.3 Å². The topological polar surface area (TPSA) is 92.8 Å². The fourth-order valence-corrected chi connectivity index (χ4v) is 0.838. The molecule has 3 amide bonds. The van der Waals surface area contributed by atoms with E-state index < -0.39 is 17.8 Å². The molecule has 0 spiro atoms. The lowest BCUT2D eigenvalue weighted by atomic mass is 10.3. The summed E-state index contributed by atoms with van der Waals surface area (Å²) in [4.78, 5) is 48.1. The average molecular weight is 230 g/mol. The molecule has 0 heterocycles. The lowest BCUT2D eigenvalue weighted by Crippen LogP contribution is -2.35. The number of carbonyl (C=O) groups excluding carboxylic acids is 4. The molecule has 0 fully saturated rings. The molecule has 1 N–H and O–H groups in total. The van der Waals surface area contributed by atoms with Gasteiger partial charge in [0.1, 0.15) is 0 Å². The SMILES string of the molecule is CNC(=O)CCC(=O)ON(C(C)=O)C(C)=O. The second-order valence-corrected chi connectivity index (χ2v) is 2.97. The van der Waals surface area contributed by atoms with Crippen molar-refractivity contribution < 1.29 is 24.0 Å². The first-order chi connectivity index (χ1) is 7.38. The highest BCUT2D eigenvalue weighted by molar-refractivity contribution is 5.93. The van der Waals surface area contributed by atoms with Crippen LogP contribution in [0.2, 0.25) is 0 Å². The zero-order chi connectivity index (χ0) is 12.7. The van der Waals surface area contributed by atoms with Crippen LogP contribution in [0.3, 0.4) is 0 Å². The number of hydroxylamine groups is 2. The number of amides is 3. The van der Waals surface area contributed by atoms with Crippen molar-refractivity contribution in [3.05, 3.63) is 0 Å². The van der Waals surface area contributed by atoms with Crippen LogP contribution in [-0.2, 0) is 24.0 Å². The summed E-state index contributed by atoms with van der Waals surface area (Å²) in [6.45, 7) is 2.18. The molecule has 0 aromatic heterocycles. The van der Waals surface area contributed by atoms with E-state index >= 15 is 0 Å². The van der Waals surface area contributed by atoms with Crippen LogP contribution in [0.5, 0.6) is 0 Å². The van der Waals surface area contributed by atoms with Crippen LogP contribution in [0.4, 0.5) is 0 Å². The van der Waals surface area contributed by atoms with E-state index in [-0.39, 0.29) is 18.7 Å². The van der Waals surface area contributed by atoms with Gasteiger partial charge in [-0.25, -0.2) is 4.79 Å². The summed E-state index contributed by atoms with van der Waals surface area (Å²) in [6.07, 6.45) is -0.254. The molecule has 7 nitrogen and oxygen atoms in total. The van der Waals surface area contributed by atoms with Crippen molar-refractivity contribution in [1.29, 1.82) is 0 Å². The van der Waals surface area contributed by atoms with Gasteiger partial charge in [0.2, 0.25) is 5.91 Å². The van der Waals surface area contributed by atoms with Gasteiger partial charge in [0.05, 0.1) is 6.42 Å². The van der Waals surface area contributed by atoms with E-state index in [1.807, 2.05) is 0 Å². The van der Waals surface area contributed by atoms with Crippen LogP contribution < -0.4 is 5.32 Å². The maximum absolute atomic E-state index is 11.1. The molecule has 0 radical (unpaired) electrons. The molecule has 0 aromatic carbocycles. The standard InChI is InChI=1S/C9H14N2O5/c1-6(12)11(7(2)13)16-9(15)5-4-8(14)10-3/h4-5H2,1-3H3,(H,10,14). The third kappa shape index (κ3) is 5.08. The van der Waals surface area contributed by atoms with Gasteiger partial charge in [0.25, 0.3) is 11.8 Å². The predicted octanol–water partition coefficient (Wildman–Crippen LogP) is -0.634. The molecule has 0 unspecified atom stereocenters. The Morgan fingerprint density at radius 3 is 1.94 bits per heavy atom. The van der Waals surface area contributed by atoms with Crippen LogP contribution in [0.1, 0.15) is 26.7 Å². The molecular formula is C9H14N2O5. The summed E-state index contributed by atoms with van der Waals surface area (Å²) < 4.78 is 0. The molecular weight excluding hydrogens is 216 g/mol. The van der Waals surface area contributed by atoms with Gasteiger partial charge in [-0.2, -0.15) is 0 Å². The summed E-state index contributed by atoms with van der Waals surface area (Å²) in [5, 5.41) is 2.68. The molecule has 0 saturated carbocycles. The largest absolute Gasteiger partial charge is 0.359 e. The molecule has 0 aromatic rings. The zero-order valence-corrected chi connectivity index (χ0v) is 9.40. The molecule has 0 aliphatic rings. The normalized spacial score (nSPS) is 9.19. The fraction of sp³-hybridized carbons (Fsp3) is 0.556. The Kier molecular flexibility index (Phi) is 5.76. The highest BCUT2D eigenvalue weighted by Crippen LogP contribution is 1.99. The van der Waals surface area contributed by atoms with Crippen molar-refractivity contribution in [3.63, 3.8) is 0 Å². The Hall–Kier alpha value is -1.92. The van der Waals surface area contributed by atoms with E-state index in [4.69, 9.17) is 0 Å². The van der Waals surface area contributed by atoms with Gasteiger partial charge in [-0.1, -0.05) is 0 Å².